The van der Waals surface area contributed by atoms with Crippen LogP contribution in [0.5, 0.6) is 0 Å². The van der Waals surface area contributed by atoms with Gasteiger partial charge in [0.25, 0.3) is 5.91 Å². The van der Waals surface area contributed by atoms with Crippen LogP contribution in [0.2, 0.25) is 0 Å². The van der Waals surface area contributed by atoms with E-state index in [1.54, 1.807) is 36.3 Å². The van der Waals surface area contributed by atoms with E-state index in [0.29, 0.717) is 38.2 Å². The number of carbonyl (C=O) groups excluding carboxylic acids is 2. The number of rotatable bonds is 1. The van der Waals surface area contributed by atoms with E-state index in [-0.39, 0.29) is 18.0 Å². The summed E-state index contributed by atoms with van der Waals surface area (Å²) in [5.41, 5.74) is 8.61. The lowest BCUT2D eigenvalue weighted by Gasteiger charge is -2.33. The summed E-state index contributed by atoms with van der Waals surface area (Å²) in [4.78, 5) is 34.5. The van der Waals surface area contributed by atoms with Crippen molar-refractivity contribution in [2.45, 2.75) is 31.8 Å². The highest BCUT2D eigenvalue weighted by atomic mass is 16.2. The number of nitrogens with zero attached hydrogens (tertiary/aromatic N) is 4. The molecule has 7 nitrogen and oxygen atoms in total. The van der Waals surface area contributed by atoms with Crippen molar-refractivity contribution in [3.8, 4) is 0 Å². The van der Waals surface area contributed by atoms with Gasteiger partial charge in [-0.05, 0) is 30.4 Å². The number of nitrogens with two attached hydrogens (primary N) is 1. The fraction of sp³-hybridized carbons (Fsp3) is 0.588. The average Bonchev–Trinajstić information content (AvgIpc) is 2.60. The van der Waals surface area contributed by atoms with Gasteiger partial charge in [-0.3, -0.25) is 9.78 Å². The number of hydrogen-bond donors (Lipinski definition) is 1. The van der Waals surface area contributed by atoms with Gasteiger partial charge in [0.2, 0.25) is 0 Å². The van der Waals surface area contributed by atoms with Crippen molar-refractivity contribution >= 4 is 11.9 Å². The predicted octanol–water partition coefficient (Wildman–Crippen LogP) is 0.685. The maximum absolute atomic E-state index is 12.9. The number of carbonyl (C=O) groups is 2. The highest BCUT2D eigenvalue weighted by Crippen LogP contribution is 2.24. The molecule has 0 bridgehead atoms. The zero-order valence-electron chi connectivity index (χ0n) is 14.4. The largest absolute Gasteiger partial charge is 0.338 e. The second kappa shape index (κ2) is 6.76. The molecule has 2 aliphatic heterocycles. The van der Waals surface area contributed by atoms with Crippen LogP contribution in [0.3, 0.4) is 0 Å². The van der Waals surface area contributed by atoms with Gasteiger partial charge in [-0.2, -0.15) is 0 Å². The average molecular weight is 331 g/mol. The maximum atomic E-state index is 12.9. The molecule has 7 heteroatoms. The van der Waals surface area contributed by atoms with Crippen LogP contribution in [0.15, 0.2) is 12.4 Å². The van der Waals surface area contributed by atoms with E-state index >= 15 is 0 Å². The van der Waals surface area contributed by atoms with E-state index in [2.05, 4.69) is 4.98 Å². The molecule has 24 heavy (non-hydrogen) atoms. The van der Waals surface area contributed by atoms with Crippen LogP contribution >= 0.6 is 0 Å². The van der Waals surface area contributed by atoms with Crippen LogP contribution in [0, 0.1) is 0 Å². The van der Waals surface area contributed by atoms with Gasteiger partial charge in [0.1, 0.15) is 0 Å². The molecule has 1 aromatic rings. The quantitative estimate of drug-likeness (QED) is 0.820. The Morgan fingerprint density at radius 2 is 1.88 bits per heavy atom. The minimum absolute atomic E-state index is 0.0117. The Labute approximate surface area is 142 Å². The first-order chi connectivity index (χ1) is 11.5. The van der Waals surface area contributed by atoms with E-state index in [4.69, 9.17) is 5.73 Å². The Balaban J connectivity index is 1.79. The summed E-state index contributed by atoms with van der Waals surface area (Å²) in [6, 6.07) is 0.185. The Kier molecular flexibility index (Phi) is 4.71. The monoisotopic (exact) mass is 331 g/mol. The molecule has 0 atom stereocenters. The fourth-order valence-electron chi connectivity index (χ4n) is 3.40. The van der Waals surface area contributed by atoms with Crippen molar-refractivity contribution in [2.24, 2.45) is 5.73 Å². The Morgan fingerprint density at radius 3 is 2.54 bits per heavy atom. The molecular formula is C17H25N5O2. The number of aromatic nitrogens is 1. The lowest BCUT2D eigenvalue weighted by atomic mass is 9.95. The first-order valence-electron chi connectivity index (χ1n) is 8.44. The van der Waals surface area contributed by atoms with Crippen LogP contribution < -0.4 is 5.73 Å². The Bertz CT molecular complexity index is 638. The number of fused-ring (bicyclic) bond motifs is 1. The van der Waals surface area contributed by atoms with Gasteiger partial charge in [-0.1, -0.05) is 0 Å². The third kappa shape index (κ3) is 3.21. The Hall–Kier alpha value is -2.15. The molecule has 0 unspecified atom stereocenters. The predicted molar refractivity (Wildman–Crippen MR) is 90.5 cm³/mol. The van der Waals surface area contributed by atoms with Crippen LogP contribution in [0.1, 0.15) is 34.3 Å². The highest BCUT2D eigenvalue weighted by molar-refractivity contribution is 5.96. The van der Waals surface area contributed by atoms with Crippen molar-refractivity contribution in [3.63, 3.8) is 0 Å². The molecule has 0 saturated carbocycles. The molecule has 0 radical (unpaired) electrons. The minimum atomic E-state index is -0.0117. The lowest BCUT2D eigenvalue weighted by Crippen LogP contribution is -2.44. The first kappa shape index (κ1) is 16.7. The highest BCUT2D eigenvalue weighted by Gasteiger charge is 2.28. The molecule has 130 valence electrons. The van der Waals surface area contributed by atoms with Gasteiger partial charge in [-0.25, -0.2) is 4.79 Å². The van der Waals surface area contributed by atoms with Crippen LogP contribution in [-0.4, -0.2) is 71.4 Å². The molecule has 0 aliphatic carbocycles. The van der Waals surface area contributed by atoms with E-state index in [9.17, 15) is 9.59 Å². The zero-order valence-corrected chi connectivity index (χ0v) is 14.4. The number of amides is 3. The van der Waals surface area contributed by atoms with Gasteiger partial charge in [0, 0.05) is 58.7 Å². The topological polar surface area (TPSA) is 82.8 Å². The Morgan fingerprint density at radius 1 is 1.17 bits per heavy atom. The van der Waals surface area contributed by atoms with E-state index in [1.807, 2.05) is 4.90 Å². The third-order valence-corrected chi connectivity index (χ3v) is 4.85. The van der Waals surface area contributed by atoms with Crippen molar-refractivity contribution in [3.05, 3.63) is 29.1 Å². The molecule has 0 aromatic carbocycles. The number of urea groups is 1. The van der Waals surface area contributed by atoms with Gasteiger partial charge >= 0.3 is 6.03 Å². The fourth-order valence-corrected chi connectivity index (χ4v) is 3.40. The van der Waals surface area contributed by atoms with Crippen molar-refractivity contribution in [2.75, 3.05) is 33.7 Å². The molecule has 3 amide bonds. The number of piperidine rings is 1. The first-order valence-corrected chi connectivity index (χ1v) is 8.44. The lowest BCUT2D eigenvalue weighted by molar-refractivity contribution is 0.0712. The minimum Gasteiger partial charge on any atom is -0.338 e. The standard InChI is InChI=1S/C17H25N5O2/c1-20(2)17(24)22-8-5-14-12(11-22)9-19-10-15(14)16(23)21-6-3-13(18)4-7-21/h9-10,13H,3-8,11,18H2,1-2H3. The van der Waals surface area contributed by atoms with E-state index in [1.165, 1.54) is 0 Å². The van der Waals surface area contributed by atoms with Crippen LogP contribution in [0.25, 0.3) is 0 Å². The summed E-state index contributed by atoms with van der Waals surface area (Å²) < 4.78 is 0. The normalized spacial score (nSPS) is 18.3. The molecule has 1 aromatic heterocycles. The SMILES string of the molecule is CN(C)C(=O)N1CCc2c(cncc2C(=O)N2CCC(N)CC2)C1. The maximum Gasteiger partial charge on any atom is 0.319 e. The molecule has 3 heterocycles. The summed E-state index contributed by atoms with van der Waals surface area (Å²) >= 11 is 0. The second-order valence-electron chi connectivity index (χ2n) is 6.80. The van der Waals surface area contributed by atoms with E-state index < -0.39 is 0 Å². The zero-order chi connectivity index (χ0) is 17.3. The molecule has 1 fully saturated rings. The van der Waals surface area contributed by atoms with Crippen molar-refractivity contribution in [1.29, 1.82) is 0 Å². The molecule has 3 rings (SSSR count). The summed E-state index contributed by atoms with van der Waals surface area (Å²) in [6.07, 6.45) is 5.82. The van der Waals surface area contributed by atoms with Crippen LogP contribution in [-0.2, 0) is 13.0 Å². The van der Waals surface area contributed by atoms with E-state index in [0.717, 1.165) is 24.0 Å². The number of pyridine rings is 1. The number of likely N-dealkylation sites (tertiary alicyclic amines) is 1. The summed E-state index contributed by atoms with van der Waals surface area (Å²) in [6.45, 7) is 2.54. The molecule has 2 aliphatic rings. The van der Waals surface area contributed by atoms with Crippen LogP contribution in [0.4, 0.5) is 4.79 Å². The smallest absolute Gasteiger partial charge is 0.319 e. The van der Waals surface area contributed by atoms with Crippen molar-refractivity contribution < 1.29 is 9.59 Å². The summed E-state index contributed by atoms with van der Waals surface area (Å²) in [5, 5.41) is 0. The third-order valence-electron chi connectivity index (χ3n) is 4.85. The summed E-state index contributed by atoms with van der Waals surface area (Å²) in [7, 11) is 3.49. The molecule has 0 spiro atoms. The van der Waals surface area contributed by atoms with Gasteiger partial charge in [0.05, 0.1) is 5.56 Å². The second-order valence-corrected chi connectivity index (χ2v) is 6.80. The van der Waals surface area contributed by atoms with Gasteiger partial charge < -0.3 is 20.4 Å². The molecule has 1 saturated heterocycles. The van der Waals surface area contributed by atoms with Crippen molar-refractivity contribution in [1.82, 2.24) is 19.7 Å². The van der Waals surface area contributed by atoms with Gasteiger partial charge in [0.15, 0.2) is 0 Å². The molecule has 2 N–H and O–H groups in total. The molecular weight excluding hydrogens is 306 g/mol. The summed E-state index contributed by atoms with van der Waals surface area (Å²) in [5.74, 6) is 0.0404. The number of hydrogen-bond acceptors (Lipinski definition) is 4. The van der Waals surface area contributed by atoms with Gasteiger partial charge in [-0.15, -0.1) is 0 Å².